The van der Waals surface area contributed by atoms with Crippen LogP contribution in [0.5, 0.6) is 0 Å². The van der Waals surface area contributed by atoms with E-state index in [0.717, 1.165) is 82.6 Å². The predicted octanol–water partition coefficient (Wildman–Crippen LogP) is 5.38. The van der Waals surface area contributed by atoms with Crippen LogP contribution in [0.1, 0.15) is 51.3 Å². The Balaban J connectivity index is 1.03. The maximum Gasteiger partial charge on any atom is 0.270 e. The number of rotatable bonds is 10. The van der Waals surface area contributed by atoms with Crippen molar-refractivity contribution in [3.05, 3.63) is 94.8 Å². The standard InChI is InChI=1S/C39H45F2N9O2/c1-4-48-15-17-49(18-16-48)25-28-9-10-29(21-32(28)39(2,40)41)45-37(51)27-7-5-26(6-8-27)36-31-23-44-38(52)35(31)33(24-43-36)46-34-12-11-30(22-42-34)50-19-13-47(3)14-20-50/h5-12,21-22,24H,4,13-20,23,25H2,1-3H3,(H,42,46)(H,44,52)(H,45,51). The van der Waals surface area contributed by atoms with Gasteiger partial charge >= 0.3 is 0 Å². The van der Waals surface area contributed by atoms with E-state index < -0.39 is 11.8 Å². The smallest absolute Gasteiger partial charge is 0.270 e. The van der Waals surface area contributed by atoms with Crippen LogP contribution in [0.15, 0.2) is 67.0 Å². The first-order valence-electron chi connectivity index (χ1n) is 17.9. The number of benzene rings is 2. The molecule has 2 amide bonds. The third kappa shape index (κ3) is 7.76. The van der Waals surface area contributed by atoms with Gasteiger partial charge in [-0.15, -0.1) is 0 Å². The van der Waals surface area contributed by atoms with Crippen LogP contribution >= 0.6 is 0 Å². The second-order valence-corrected chi connectivity index (χ2v) is 13.9. The highest BCUT2D eigenvalue weighted by atomic mass is 19.3. The van der Waals surface area contributed by atoms with E-state index in [1.165, 1.54) is 6.07 Å². The second kappa shape index (κ2) is 14.9. The van der Waals surface area contributed by atoms with Crippen LogP contribution in [0, 0.1) is 0 Å². The van der Waals surface area contributed by atoms with Gasteiger partial charge in [-0.2, -0.15) is 0 Å². The number of nitrogens with one attached hydrogen (secondary N) is 3. The van der Waals surface area contributed by atoms with Crippen LogP contribution in [-0.2, 0) is 19.0 Å². The number of nitrogens with zero attached hydrogens (tertiary/aromatic N) is 6. The Morgan fingerprint density at radius 2 is 1.63 bits per heavy atom. The maximum absolute atomic E-state index is 14.8. The number of carbonyl (C=O) groups is 2. The summed E-state index contributed by atoms with van der Waals surface area (Å²) < 4.78 is 29.6. The monoisotopic (exact) mass is 709 g/mol. The number of likely N-dealkylation sites (N-methyl/N-ethyl adjacent to an activating group) is 2. The number of carbonyl (C=O) groups excluding carboxylic acids is 2. The minimum atomic E-state index is -3.07. The topological polar surface area (TPSA) is 109 Å². The molecule has 52 heavy (non-hydrogen) atoms. The quantitative estimate of drug-likeness (QED) is 0.200. The van der Waals surface area contributed by atoms with E-state index in [1.54, 1.807) is 42.6 Å². The summed E-state index contributed by atoms with van der Waals surface area (Å²) in [6.45, 7) is 12.1. The number of anilines is 4. The van der Waals surface area contributed by atoms with Gasteiger partial charge in [0.2, 0.25) is 0 Å². The number of fused-ring (bicyclic) bond motifs is 1. The predicted molar refractivity (Wildman–Crippen MR) is 199 cm³/mol. The van der Waals surface area contributed by atoms with Crippen molar-refractivity contribution in [3.8, 4) is 11.3 Å². The Kier molecular flexibility index (Phi) is 10.2. The molecule has 272 valence electrons. The van der Waals surface area contributed by atoms with E-state index in [-0.39, 0.29) is 11.5 Å². The average Bonchev–Trinajstić information content (AvgIpc) is 3.54. The summed E-state index contributed by atoms with van der Waals surface area (Å²) in [5, 5.41) is 8.98. The third-order valence-corrected chi connectivity index (χ3v) is 10.3. The molecule has 2 aromatic heterocycles. The summed E-state index contributed by atoms with van der Waals surface area (Å²) in [4.78, 5) is 44.7. The number of hydrogen-bond acceptors (Lipinski definition) is 9. The number of alkyl halides is 2. The van der Waals surface area contributed by atoms with E-state index in [2.05, 4.69) is 54.5 Å². The Morgan fingerprint density at radius 1 is 0.904 bits per heavy atom. The highest BCUT2D eigenvalue weighted by Crippen LogP contribution is 2.35. The largest absolute Gasteiger partial charge is 0.368 e. The Bertz CT molecular complexity index is 1920. The lowest BCUT2D eigenvalue weighted by molar-refractivity contribution is 0.0155. The van der Waals surface area contributed by atoms with Crippen molar-refractivity contribution >= 4 is 34.7 Å². The molecule has 0 bridgehead atoms. The first kappa shape index (κ1) is 35.4. The number of piperazine rings is 2. The SMILES string of the molecule is CCN1CCN(Cc2ccc(NC(=O)c3ccc(-c4ncc(Nc5ccc(N6CCN(C)CC6)cn5)c5c4CNC5=O)cc3)cc2C(C)(F)F)CC1. The van der Waals surface area contributed by atoms with Gasteiger partial charge in [-0.25, -0.2) is 13.8 Å². The fourth-order valence-electron chi connectivity index (χ4n) is 7.12. The summed E-state index contributed by atoms with van der Waals surface area (Å²) in [5.74, 6) is -3.07. The van der Waals surface area contributed by atoms with Crippen molar-refractivity contribution in [2.75, 3.05) is 81.5 Å². The van der Waals surface area contributed by atoms with Crippen molar-refractivity contribution < 1.29 is 18.4 Å². The average molecular weight is 710 g/mol. The van der Waals surface area contributed by atoms with E-state index in [9.17, 15) is 18.4 Å². The molecule has 7 rings (SSSR count). The minimum absolute atomic E-state index is 0.0851. The van der Waals surface area contributed by atoms with Crippen molar-refractivity contribution in [2.24, 2.45) is 0 Å². The number of aromatic nitrogens is 2. The first-order valence-corrected chi connectivity index (χ1v) is 17.9. The molecule has 5 heterocycles. The minimum Gasteiger partial charge on any atom is -0.368 e. The molecule has 0 unspecified atom stereocenters. The van der Waals surface area contributed by atoms with Crippen LogP contribution in [-0.4, -0.2) is 102 Å². The van der Waals surface area contributed by atoms with Crippen molar-refractivity contribution in [1.82, 2.24) is 30.0 Å². The summed E-state index contributed by atoms with van der Waals surface area (Å²) in [5.41, 5.74) is 5.39. The fourth-order valence-corrected chi connectivity index (χ4v) is 7.12. The molecule has 3 aliphatic rings. The van der Waals surface area contributed by atoms with Gasteiger partial charge in [0.05, 0.1) is 35.0 Å². The van der Waals surface area contributed by atoms with E-state index in [4.69, 9.17) is 4.98 Å². The van der Waals surface area contributed by atoms with Gasteiger partial charge in [0.1, 0.15) is 5.82 Å². The van der Waals surface area contributed by atoms with Gasteiger partial charge in [0.25, 0.3) is 17.7 Å². The lowest BCUT2D eigenvalue weighted by Crippen LogP contribution is -2.45. The zero-order valence-electron chi connectivity index (χ0n) is 29.9. The molecule has 2 fully saturated rings. The number of hydrogen-bond donors (Lipinski definition) is 3. The van der Waals surface area contributed by atoms with Gasteiger partial charge in [0.15, 0.2) is 0 Å². The molecule has 0 radical (unpaired) electrons. The molecule has 11 nitrogen and oxygen atoms in total. The molecule has 0 spiro atoms. The van der Waals surface area contributed by atoms with Crippen molar-refractivity contribution in [3.63, 3.8) is 0 Å². The first-order chi connectivity index (χ1) is 25.1. The molecule has 2 aromatic carbocycles. The van der Waals surface area contributed by atoms with Gasteiger partial charge in [-0.1, -0.05) is 25.1 Å². The normalized spacial score (nSPS) is 17.2. The number of pyridine rings is 2. The summed E-state index contributed by atoms with van der Waals surface area (Å²) in [6, 6.07) is 15.6. The molecule has 0 atom stereocenters. The van der Waals surface area contributed by atoms with Crippen LogP contribution in [0.4, 0.5) is 31.7 Å². The molecule has 0 saturated carbocycles. The summed E-state index contributed by atoms with van der Waals surface area (Å²) >= 11 is 0. The molecular formula is C39H45F2N9O2. The highest BCUT2D eigenvalue weighted by molar-refractivity contribution is 6.06. The summed E-state index contributed by atoms with van der Waals surface area (Å²) in [6.07, 6.45) is 3.47. The van der Waals surface area contributed by atoms with E-state index in [0.29, 0.717) is 52.7 Å². The lowest BCUT2D eigenvalue weighted by atomic mass is 9.99. The fraction of sp³-hybridized carbons (Fsp3) is 0.385. The van der Waals surface area contributed by atoms with Gasteiger partial charge in [0, 0.05) is 100 Å². The van der Waals surface area contributed by atoms with Crippen LogP contribution in [0.25, 0.3) is 11.3 Å². The Labute approximate surface area is 303 Å². The van der Waals surface area contributed by atoms with E-state index in [1.807, 2.05) is 18.3 Å². The maximum atomic E-state index is 14.8. The van der Waals surface area contributed by atoms with Crippen LogP contribution in [0.3, 0.4) is 0 Å². The molecule has 3 aliphatic heterocycles. The van der Waals surface area contributed by atoms with Crippen molar-refractivity contribution in [1.29, 1.82) is 0 Å². The zero-order chi connectivity index (χ0) is 36.4. The molecule has 2 saturated heterocycles. The van der Waals surface area contributed by atoms with Crippen LogP contribution in [0.2, 0.25) is 0 Å². The van der Waals surface area contributed by atoms with Crippen LogP contribution < -0.4 is 20.9 Å². The van der Waals surface area contributed by atoms with Gasteiger partial charge < -0.3 is 30.7 Å². The zero-order valence-corrected chi connectivity index (χ0v) is 29.9. The second-order valence-electron chi connectivity index (χ2n) is 13.9. The Morgan fingerprint density at radius 3 is 2.31 bits per heavy atom. The molecule has 0 aliphatic carbocycles. The molecule has 4 aromatic rings. The molecule has 3 N–H and O–H groups in total. The number of amides is 2. The number of halogens is 2. The summed E-state index contributed by atoms with van der Waals surface area (Å²) in [7, 11) is 2.12. The molecular weight excluding hydrogens is 664 g/mol. The lowest BCUT2D eigenvalue weighted by Gasteiger charge is -2.34. The van der Waals surface area contributed by atoms with Crippen molar-refractivity contribution in [2.45, 2.75) is 32.9 Å². The highest BCUT2D eigenvalue weighted by Gasteiger charge is 2.30. The Hall–Kier alpha value is -4.98. The van der Waals surface area contributed by atoms with Gasteiger partial charge in [-0.05, 0) is 55.6 Å². The molecule has 13 heteroatoms. The van der Waals surface area contributed by atoms with E-state index >= 15 is 0 Å². The third-order valence-electron chi connectivity index (χ3n) is 10.3. The van der Waals surface area contributed by atoms with Gasteiger partial charge in [-0.3, -0.25) is 19.5 Å².